The summed E-state index contributed by atoms with van der Waals surface area (Å²) < 4.78 is 0. The van der Waals surface area contributed by atoms with Crippen LogP contribution in [0.25, 0.3) is 0 Å². The van der Waals surface area contributed by atoms with Crippen molar-refractivity contribution >= 4 is 11.8 Å². The van der Waals surface area contributed by atoms with Crippen molar-refractivity contribution < 1.29 is 9.59 Å². The molecule has 0 aliphatic carbocycles. The van der Waals surface area contributed by atoms with Gasteiger partial charge in [0.15, 0.2) is 0 Å². The lowest BCUT2D eigenvalue weighted by Gasteiger charge is -2.36. The maximum atomic E-state index is 12.5. The van der Waals surface area contributed by atoms with Gasteiger partial charge in [-0.05, 0) is 32.7 Å². The molecule has 2 unspecified atom stereocenters. The van der Waals surface area contributed by atoms with Crippen LogP contribution in [0.5, 0.6) is 0 Å². The van der Waals surface area contributed by atoms with Gasteiger partial charge in [-0.2, -0.15) is 0 Å². The predicted molar refractivity (Wildman–Crippen MR) is 69.0 cm³/mol. The molecule has 18 heavy (non-hydrogen) atoms. The highest BCUT2D eigenvalue weighted by Gasteiger charge is 2.41. The molecule has 2 rings (SSSR count). The van der Waals surface area contributed by atoms with Crippen LogP contribution < -0.4 is 10.6 Å². The highest BCUT2D eigenvalue weighted by atomic mass is 16.2. The molecule has 0 spiro atoms. The molecule has 2 saturated heterocycles. The normalized spacial score (nSPS) is 32.3. The third-order valence-electron chi connectivity index (χ3n) is 4.21. The number of likely N-dealkylation sites (tertiary alicyclic amines) is 1. The summed E-state index contributed by atoms with van der Waals surface area (Å²) >= 11 is 0. The standard InChI is InChI=1S/C13H23N3O2/c1-13(5-6-15-9-13)12(18)16-7-3-4-10(8-16)11(17)14-2/h10,15H,3-9H2,1-2H3,(H,14,17). The molecule has 2 fully saturated rings. The van der Waals surface area contributed by atoms with Crippen molar-refractivity contribution in [1.29, 1.82) is 0 Å². The van der Waals surface area contributed by atoms with E-state index in [2.05, 4.69) is 10.6 Å². The Balaban J connectivity index is 2.00. The van der Waals surface area contributed by atoms with Crippen LogP contribution in [-0.4, -0.2) is 49.9 Å². The molecule has 2 heterocycles. The van der Waals surface area contributed by atoms with Crippen LogP contribution in [0.2, 0.25) is 0 Å². The van der Waals surface area contributed by atoms with E-state index >= 15 is 0 Å². The fourth-order valence-electron chi connectivity index (χ4n) is 2.96. The second-order valence-electron chi connectivity index (χ2n) is 5.69. The smallest absolute Gasteiger partial charge is 0.229 e. The molecule has 102 valence electrons. The lowest BCUT2D eigenvalue weighted by atomic mass is 9.86. The van der Waals surface area contributed by atoms with E-state index in [1.807, 2.05) is 11.8 Å². The Hall–Kier alpha value is -1.10. The Kier molecular flexibility index (Phi) is 3.90. The summed E-state index contributed by atoms with van der Waals surface area (Å²) in [6, 6.07) is 0. The molecule has 0 bridgehead atoms. The third kappa shape index (κ3) is 2.51. The highest BCUT2D eigenvalue weighted by molar-refractivity contribution is 5.84. The molecule has 0 aromatic rings. The molecular weight excluding hydrogens is 230 g/mol. The molecule has 2 N–H and O–H groups in total. The van der Waals surface area contributed by atoms with E-state index in [9.17, 15) is 9.59 Å². The number of hydrogen-bond acceptors (Lipinski definition) is 3. The van der Waals surface area contributed by atoms with E-state index in [0.29, 0.717) is 6.54 Å². The zero-order valence-electron chi connectivity index (χ0n) is 11.3. The molecule has 0 aromatic heterocycles. The van der Waals surface area contributed by atoms with Crippen molar-refractivity contribution in [2.75, 3.05) is 33.2 Å². The van der Waals surface area contributed by atoms with E-state index < -0.39 is 0 Å². The lowest BCUT2D eigenvalue weighted by Crippen LogP contribution is -2.50. The summed E-state index contributed by atoms with van der Waals surface area (Å²) in [5.41, 5.74) is -0.273. The number of nitrogens with zero attached hydrogens (tertiary/aromatic N) is 1. The Morgan fingerprint density at radius 2 is 2.22 bits per heavy atom. The van der Waals surface area contributed by atoms with Crippen LogP contribution >= 0.6 is 0 Å². The first kappa shape index (κ1) is 13.3. The second kappa shape index (κ2) is 5.26. The molecule has 2 aliphatic rings. The number of hydrogen-bond donors (Lipinski definition) is 2. The van der Waals surface area contributed by atoms with Crippen LogP contribution in [-0.2, 0) is 9.59 Å². The van der Waals surface area contributed by atoms with Gasteiger partial charge < -0.3 is 15.5 Å². The summed E-state index contributed by atoms with van der Waals surface area (Å²) in [5.74, 6) is 0.231. The van der Waals surface area contributed by atoms with E-state index in [-0.39, 0.29) is 23.1 Å². The average Bonchev–Trinajstić information content (AvgIpc) is 2.85. The van der Waals surface area contributed by atoms with E-state index in [1.54, 1.807) is 7.05 Å². The fourth-order valence-corrected chi connectivity index (χ4v) is 2.96. The Morgan fingerprint density at radius 3 is 2.83 bits per heavy atom. The number of rotatable bonds is 2. The van der Waals surface area contributed by atoms with Crippen molar-refractivity contribution in [3.05, 3.63) is 0 Å². The zero-order valence-corrected chi connectivity index (χ0v) is 11.3. The zero-order chi connectivity index (χ0) is 13.2. The first-order valence-electron chi connectivity index (χ1n) is 6.78. The number of piperidine rings is 1. The van der Waals surface area contributed by atoms with Crippen molar-refractivity contribution in [3.63, 3.8) is 0 Å². The number of carbonyl (C=O) groups excluding carboxylic acids is 2. The summed E-state index contributed by atoms with van der Waals surface area (Å²) in [6.45, 7) is 5.07. The topological polar surface area (TPSA) is 61.4 Å². The Bertz CT molecular complexity index is 337. The van der Waals surface area contributed by atoms with Gasteiger partial charge in [0.1, 0.15) is 0 Å². The average molecular weight is 253 g/mol. The summed E-state index contributed by atoms with van der Waals surface area (Å²) in [7, 11) is 1.66. The minimum Gasteiger partial charge on any atom is -0.359 e. The van der Waals surface area contributed by atoms with Crippen molar-refractivity contribution in [2.45, 2.75) is 26.2 Å². The summed E-state index contributed by atoms with van der Waals surface area (Å²) in [4.78, 5) is 26.1. The van der Waals surface area contributed by atoms with Gasteiger partial charge in [0.25, 0.3) is 0 Å². The molecule has 0 saturated carbocycles. The molecule has 5 nitrogen and oxygen atoms in total. The number of carbonyl (C=O) groups is 2. The highest BCUT2D eigenvalue weighted by Crippen LogP contribution is 2.29. The molecule has 2 atom stereocenters. The monoisotopic (exact) mass is 253 g/mol. The minimum atomic E-state index is -0.273. The quantitative estimate of drug-likeness (QED) is 0.726. The van der Waals surface area contributed by atoms with Gasteiger partial charge in [-0.1, -0.05) is 0 Å². The van der Waals surface area contributed by atoms with E-state index in [0.717, 1.165) is 38.9 Å². The number of nitrogens with one attached hydrogen (secondary N) is 2. The largest absolute Gasteiger partial charge is 0.359 e. The lowest BCUT2D eigenvalue weighted by molar-refractivity contribution is -0.143. The van der Waals surface area contributed by atoms with Crippen LogP contribution in [0.4, 0.5) is 0 Å². The summed E-state index contributed by atoms with van der Waals surface area (Å²) in [5, 5.41) is 5.94. The predicted octanol–water partition coefficient (Wildman–Crippen LogP) is -0.0294. The summed E-state index contributed by atoms with van der Waals surface area (Å²) in [6.07, 6.45) is 2.71. The minimum absolute atomic E-state index is 0.0364. The second-order valence-corrected chi connectivity index (χ2v) is 5.69. The van der Waals surface area contributed by atoms with Gasteiger partial charge in [-0.15, -0.1) is 0 Å². The maximum Gasteiger partial charge on any atom is 0.229 e. The van der Waals surface area contributed by atoms with Gasteiger partial charge in [-0.25, -0.2) is 0 Å². The van der Waals surface area contributed by atoms with Gasteiger partial charge >= 0.3 is 0 Å². The Morgan fingerprint density at radius 1 is 1.44 bits per heavy atom. The maximum absolute atomic E-state index is 12.5. The molecule has 0 radical (unpaired) electrons. The number of amides is 2. The molecule has 0 aromatic carbocycles. The first-order valence-corrected chi connectivity index (χ1v) is 6.78. The Labute approximate surface area is 108 Å². The van der Waals surface area contributed by atoms with Crippen LogP contribution in [0.15, 0.2) is 0 Å². The van der Waals surface area contributed by atoms with Crippen LogP contribution in [0.3, 0.4) is 0 Å². The fraction of sp³-hybridized carbons (Fsp3) is 0.846. The van der Waals surface area contributed by atoms with E-state index in [4.69, 9.17) is 0 Å². The van der Waals surface area contributed by atoms with Gasteiger partial charge in [-0.3, -0.25) is 9.59 Å². The molecule has 2 amide bonds. The first-order chi connectivity index (χ1) is 8.57. The van der Waals surface area contributed by atoms with E-state index in [1.165, 1.54) is 0 Å². The molecule has 2 aliphatic heterocycles. The van der Waals surface area contributed by atoms with Crippen molar-refractivity contribution in [2.24, 2.45) is 11.3 Å². The molecular formula is C13H23N3O2. The van der Waals surface area contributed by atoms with Gasteiger partial charge in [0.2, 0.25) is 11.8 Å². The van der Waals surface area contributed by atoms with Crippen molar-refractivity contribution in [1.82, 2.24) is 15.5 Å². The van der Waals surface area contributed by atoms with Crippen LogP contribution in [0.1, 0.15) is 26.2 Å². The van der Waals surface area contributed by atoms with Gasteiger partial charge in [0, 0.05) is 26.7 Å². The van der Waals surface area contributed by atoms with Gasteiger partial charge in [0.05, 0.1) is 11.3 Å². The van der Waals surface area contributed by atoms with Crippen LogP contribution in [0, 0.1) is 11.3 Å². The van der Waals surface area contributed by atoms with Crippen molar-refractivity contribution in [3.8, 4) is 0 Å². The SMILES string of the molecule is CNC(=O)C1CCCN(C(=O)C2(C)CCNC2)C1. The third-order valence-corrected chi connectivity index (χ3v) is 4.21. The molecule has 5 heteroatoms.